The molecule has 4 aliphatic carbocycles. The molecule has 5 heteroatoms. The SMILES string of the molecule is O=C(NNC1=C2CC3CC1CC(Cl)(C2)C3)c1cccs1. The van der Waals surface area contributed by atoms with Gasteiger partial charge in [-0.1, -0.05) is 6.07 Å². The quantitative estimate of drug-likeness (QED) is 0.663. The first-order chi connectivity index (χ1) is 9.63. The molecule has 1 amide bonds. The molecule has 2 N–H and O–H groups in total. The smallest absolute Gasteiger partial charge is 0.279 e. The van der Waals surface area contributed by atoms with Crippen molar-refractivity contribution in [2.45, 2.75) is 37.0 Å². The zero-order valence-electron chi connectivity index (χ0n) is 11.1. The van der Waals surface area contributed by atoms with Crippen LogP contribution in [-0.2, 0) is 0 Å². The van der Waals surface area contributed by atoms with E-state index in [2.05, 4.69) is 10.9 Å². The van der Waals surface area contributed by atoms with E-state index in [0.717, 1.165) is 30.1 Å². The van der Waals surface area contributed by atoms with Gasteiger partial charge in [-0.3, -0.25) is 10.2 Å². The van der Waals surface area contributed by atoms with E-state index in [1.54, 1.807) is 0 Å². The molecule has 4 aliphatic rings. The highest BCUT2D eigenvalue weighted by Gasteiger charge is 2.49. The maximum absolute atomic E-state index is 12.0. The maximum atomic E-state index is 12.0. The number of nitrogens with one attached hydrogen (secondary N) is 2. The van der Waals surface area contributed by atoms with Gasteiger partial charge in [0.1, 0.15) is 0 Å². The average molecular weight is 309 g/mol. The number of allylic oxidation sites excluding steroid dienone is 2. The third kappa shape index (κ3) is 2.06. The van der Waals surface area contributed by atoms with Gasteiger partial charge in [0.15, 0.2) is 0 Å². The van der Waals surface area contributed by atoms with Crippen molar-refractivity contribution in [3.8, 4) is 0 Å². The summed E-state index contributed by atoms with van der Waals surface area (Å²) in [7, 11) is 0. The zero-order valence-corrected chi connectivity index (χ0v) is 12.7. The summed E-state index contributed by atoms with van der Waals surface area (Å²) < 4.78 is 0. The van der Waals surface area contributed by atoms with E-state index >= 15 is 0 Å². The number of amides is 1. The van der Waals surface area contributed by atoms with Crippen LogP contribution in [0.1, 0.15) is 41.8 Å². The molecule has 1 heterocycles. The molecule has 2 saturated carbocycles. The Hall–Kier alpha value is -1.000. The summed E-state index contributed by atoms with van der Waals surface area (Å²) in [5.74, 6) is 1.21. The van der Waals surface area contributed by atoms with Crippen LogP contribution in [0.3, 0.4) is 0 Å². The molecular weight excluding hydrogens is 292 g/mol. The molecule has 0 spiro atoms. The van der Waals surface area contributed by atoms with Gasteiger partial charge in [0, 0.05) is 16.5 Å². The first-order valence-electron chi connectivity index (χ1n) is 7.14. The van der Waals surface area contributed by atoms with Gasteiger partial charge >= 0.3 is 0 Å². The minimum atomic E-state index is -0.0532. The van der Waals surface area contributed by atoms with Crippen molar-refractivity contribution < 1.29 is 4.79 Å². The third-order valence-electron chi connectivity index (χ3n) is 4.79. The van der Waals surface area contributed by atoms with E-state index in [4.69, 9.17) is 11.6 Å². The number of carbonyl (C=O) groups is 1. The summed E-state index contributed by atoms with van der Waals surface area (Å²) in [6.07, 6.45) is 5.57. The summed E-state index contributed by atoms with van der Waals surface area (Å²) in [5.41, 5.74) is 8.72. The molecule has 0 aliphatic heterocycles. The van der Waals surface area contributed by atoms with Crippen LogP contribution in [0.4, 0.5) is 0 Å². The van der Waals surface area contributed by atoms with Crippen LogP contribution < -0.4 is 10.9 Å². The van der Waals surface area contributed by atoms with Gasteiger partial charge in [-0.2, -0.15) is 0 Å². The predicted molar refractivity (Wildman–Crippen MR) is 80.6 cm³/mol. The summed E-state index contributed by atoms with van der Waals surface area (Å²) in [6, 6.07) is 3.73. The molecular formula is C15H17ClN2OS. The van der Waals surface area contributed by atoms with Gasteiger partial charge in [-0.25, -0.2) is 0 Å². The number of halogens is 1. The Morgan fingerprint density at radius 3 is 3.05 bits per heavy atom. The Bertz CT molecular complexity index is 583. The van der Waals surface area contributed by atoms with Crippen LogP contribution in [0, 0.1) is 11.8 Å². The van der Waals surface area contributed by atoms with Gasteiger partial charge in [0.2, 0.25) is 0 Å². The number of hydrazine groups is 1. The number of hydrogen-bond donors (Lipinski definition) is 2. The van der Waals surface area contributed by atoms with E-state index in [1.165, 1.54) is 35.4 Å². The number of alkyl halides is 1. The molecule has 0 aromatic carbocycles. The van der Waals surface area contributed by atoms with Crippen LogP contribution in [-0.4, -0.2) is 10.8 Å². The molecule has 0 radical (unpaired) electrons. The summed E-state index contributed by atoms with van der Waals surface area (Å²) >= 11 is 8.15. The topological polar surface area (TPSA) is 41.1 Å². The molecule has 3 unspecified atom stereocenters. The second-order valence-electron chi connectivity index (χ2n) is 6.31. The fraction of sp³-hybridized carbons (Fsp3) is 0.533. The van der Waals surface area contributed by atoms with Crippen LogP contribution in [0.5, 0.6) is 0 Å². The Balaban J connectivity index is 1.50. The molecule has 1 aromatic rings. The van der Waals surface area contributed by atoms with E-state index in [0.29, 0.717) is 5.92 Å². The Labute approximate surface area is 127 Å². The molecule has 3 nitrogen and oxygen atoms in total. The minimum Gasteiger partial charge on any atom is -0.302 e. The van der Waals surface area contributed by atoms with Crippen molar-refractivity contribution >= 4 is 28.8 Å². The fourth-order valence-electron chi connectivity index (χ4n) is 4.21. The molecule has 5 rings (SSSR count). The van der Waals surface area contributed by atoms with Gasteiger partial charge in [0.25, 0.3) is 5.91 Å². The number of thiophene rings is 1. The Morgan fingerprint density at radius 1 is 1.45 bits per heavy atom. The van der Waals surface area contributed by atoms with E-state index < -0.39 is 0 Å². The molecule has 1 aromatic heterocycles. The first-order valence-corrected chi connectivity index (χ1v) is 8.39. The minimum absolute atomic E-state index is 0.00408. The van der Waals surface area contributed by atoms with Gasteiger partial charge in [-0.05, 0) is 55.0 Å². The number of hydrogen-bond acceptors (Lipinski definition) is 3. The van der Waals surface area contributed by atoms with Crippen molar-refractivity contribution in [1.29, 1.82) is 0 Å². The highest BCUT2D eigenvalue weighted by molar-refractivity contribution is 7.12. The largest absolute Gasteiger partial charge is 0.302 e. The lowest BCUT2D eigenvalue weighted by atomic mass is 9.59. The van der Waals surface area contributed by atoms with Crippen molar-refractivity contribution in [3.63, 3.8) is 0 Å². The van der Waals surface area contributed by atoms with Gasteiger partial charge < -0.3 is 5.43 Å². The van der Waals surface area contributed by atoms with Crippen LogP contribution in [0.2, 0.25) is 0 Å². The third-order valence-corrected chi connectivity index (χ3v) is 6.11. The fourth-order valence-corrected chi connectivity index (χ4v) is 5.40. The van der Waals surface area contributed by atoms with Crippen LogP contribution in [0.25, 0.3) is 0 Å². The average Bonchev–Trinajstić information content (AvgIpc) is 2.89. The standard InChI is InChI=1S/C15H17ClN2OS/c16-15-6-9-4-10(7-15)13(11(5-9)8-15)17-18-14(19)12-2-1-3-20-12/h1-3,9-10,17H,4-8H2,(H,18,19). The van der Waals surface area contributed by atoms with Crippen LogP contribution >= 0.6 is 22.9 Å². The van der Waals surface area contributed by atoms with Crippen molar-refractivity contribution in [1.82, 2.24) is 10.9 Å². The maximum Gasteiger partial charge on any atom is 0.279 e. The Morgan fingerprint density at radius 2 is 2.35 bits per heavy atom. The highest BCUT2D eigenvalue weighted by Crippen LogP contribution is 2.57. The second kappa shape index (κ2) is 4.50. The van der Waals surface area contributed by atoms with Gasteiger partial charge in [-0.15, -0.1) is 22.9 Å². The van der Waals surface area contributed by atoms with Gasteiger partial charge in [0.05, 0.1) is 4.88 Å². The second-order valence-corrected chi connectivity index (χ2v) is 8.06. The van der Waals surface area contributed by atoms with Crippen molar-refractivity contribution in [3.05, 3.63) is 33.7 Å². The normalized spacial score (nSPS) is 34.5. The predicted octanol–water partition coefficient (Wildman–Crippen LogP) is 3.44. The Kier molecular flexibility index (Phi) is 2.86. The number of carbonyl (C=O) groups excluding carboxylic acids is 1. The van der Waals surface area contributed by atoms with Crippen molar-refractivity contribution in [2.75, 3.05) is 0 Å². The van der Waals surface area contributed by atoms with E-state index in [9.17, 15) is 4.79 Å². The molecule has 4 bridgehead atoms. The molecule has 0 saturated heterocycles. The van der Waals surface area contributed by atoms with Crippen molar-refractivity contribution in [2.24, 2.45) is 11.8 Å². The summed E-state index contributed by atoms with van der Waals surface area (Å²) in [4.78, 5) is 12.7. The summed E-state index contributed by atoms with van der Waals surface area (Å²) in [5, 5.41) is 1.91. The molecule has 2 fully saturated rings. The zero-order chi connectivity index (χ0) is 13.7. The lowest BCUT2D eigenvalue weighted by molar-refractivity contribution is 0.0932. The first kappa shape index (κ1) is 12.7. The molecule has 106 valence electrons. The lowest BCUT2D eigenvalue weighted by Crippen LogP contribution is -2.49. The summed E-state index contributed by atoms with van der Waals surface area (Å²) in [6.45, 7) is 0. The lowest BCUT2D eigenvalue weighted by Gasteiger charge is -2.51. The molecule has 3 atom stereocenters. The monoisotopic (exact) mass is 308 g/mol. The van der Waals surface area contributed by atoms with E-state index in [1.807, 2.05) is 17.5 Å². The number of rotatable bonds is 3. The van der Waals surface area contributed by atoms with E-state index in [-0.39, 0.29) is 10.8 Å². The van der Waals surface area contributed by atoms with Crippen LogP contribution in [0.15, 0.2) is 28.8 Å². The molecule has 20 heavy (non-hydrogen) atoms. The highest BCUT2D eigenvalue weighted by atomic mass is 35.5.